The lowest BCUT2D eigenvalue weighted by molar-refractivity contribution is 0.134. The Morgan fingerprint density at radius 2 is 2.36 bits per heavy atom. The molecule has 0 radical (unpaired) electrons. The van der Waals surface area contributed by atoms with Crippen molar-refractivity contribution in [2.75, 3.05) is 6.54 Å². The molecule has 1 heterocycles. The first kappa shape index (κ1) is 8.11. The van der Waals surface area contributed by atoms with Gasteiger partial charge in [-0.1, -0.05) is 12.2 Å². The summed E-state index contributed by atoms with van der Waals surface area (Å²) in [5.74, 6) is 0. The van der Waals surface area contributed by atoms with Crippen molar-refractivity contribution in [1.29, 1.82) is 0 Å². The Balaban J connectivity index is 2.60. The van der Waals surface area contributed by atoms with Crippen molar-refractivity contribution in [3.8, 4) is 0 Å². The molecular formula is C8H13NO2. The molecule has 0 saturated carbocycles. The first-order chi connectivity index (χ1) is 5.22. The van der Waals surface area contributed by atoms with Gasteiger partial charge in [0.15, 0.2) is 0 Å². The average Bonchev–Trinajstić information content (AvgIpc) is 2.13. The van der Waals surface area contributed by atoms with Gasteiger partial charge < -0.3 is 10.0 Å². The van der Waals surface area contributed by atoms with Crippen LogP contribution in [-0.2, 0) is 0 Å². The molecule has 0 aliphatic carbocycles. The second-order valence-corrected chi connectivity index (χ2v) is 2.83. The zero-order valence-electron chi connectivity index (χ0n) is 6.66. The number of allylic oxidation sites excluding steroid dienone is 1. The van der Waals surface area contributed by atoms with Gasteiger partial charge in [0.1, 0.15) is 0 Å². The Hall–Kier alpha value is -0.990. The molecule has 1 aliphatic rings. The molecule has 3 nitrogen and oxygen atoms in total. The predicted octanol–water partition coefficient (Wildman–Crippen LogP) is 1.70. The van der Waals surface area contributed by atoms with Crippen LogP contribution < -0.4 is 0 Å². The number of amides is 1. The Labute approximate surface area is 66.3 Å². The Bertz CT molecular complexity index is 177. The molecule has 1 rings (SSSR count). The van der Waals surface area contributed by atoms with Crippen molar-refractivity contribution >= 4 is 6.09 Å². The lowest BCUT2D eigenvalue weighted by Gasteiger charge is -2.22. The van der Waals surface area contributed by atoms with Crippen molar-refractivity contribution in [2.24, 2.45) is 0 Å². The molecule has 0 bridgehead atoms. The largest absolute Gasteiger partial charge is 0.465 e. The van der Waals surface area contributed by atoms with Gasteiger partial charge in [0.25, 0.3) is 0 Å². The lowest BCUT2D eigenvalue weighted by Crippen LogP contribution is -2.36. The van der Waals surface area contributed by atoms with Crippen LogP contribution in [-0.4, -0.2) is 28.7 Å². The van der Waals surface area contributed by atoms with Crippen LogP contribution in [0, 0.1) is 0 Å². The zero-order chi connectivity index (χ0) is 8.27. The number of hydrogen-bond acceptors (Lipinski definition) is 1. The van der Waals surface area contributed by atoms with E-state index in [2.05, 4.69) is 0 Å². The minimum absolute atomic E-state index is 0.155. The van der Waals surface area contributed by atoms with Gasteiger partial charge in [0, 0.05) is 12.6 Å². The van der Waals surface area contributed by atoms with Crippen LogP contribution in [0.1, 0.15) is 19.8 Å². The molecule has 0 spiro atoms. The fourth-order valence-electron chi connectivity index (χ4n) is 1.25. The van der Waals surface area contributed by atoms with Gasteiger partial charge in [0.2, 0.25) is 0 Å². The third-order valence-corrected chi connectivity index (χ3v) is 2.00. The van der Waals surface area contributed by atoms with E-state index in [4.69, 9.17) is 5.11 Å². The topological polar surface area (TPSA) is 40.5 Å². The van der Waals surface area contributed by atoms with Crippen molar-refractivity contribution < 1.29 is 9.90 Å². The monoisotopic (exact) mass is 155 g/mol. The second-order valence-electron chi connectivity index (χ2n) is 2.83. The third kappa shape index (κ3) is 1.97. The average molecular weight is 155 g/mol. The molecule has 1 N–H and O–H groups in total. The van der Waals surface area contributed by atoms with Crippen LogP contribution in [0.5, 0.6) is 0 Å². The van der Waals surface area contributed by atoms with Crippen molar-refractivity contribution in [3.05, 3.63) is 12.2 Å². The van der Waals surface area contributed by atoms with E-state index >= 15 is 0 Å². The van der Waals surface area contributed by atoms with E-state index in [-0.39, 0.29) is 6.04 Å². The predicted molar refractivity (Wildman–Crippen MR) is 42.6 cm³/mol. The van der Waals surface area contributed by atoms with Crippen molar-refractivity contribution in [1.82, 2.24) is 4.90 Å². The Kier molecular flexibility index (Phi) is 2.52. The highest BCUT2D eigenvalue weighted by molar-refractivity contribution is 5.65. The summed E-state index contributed by atoms with van der Waals surface area (Å²) in [5.41, 5.74) is 0. The summed E-state index contributed by atoms with van der Waals surface area (Å²) in [5, 5.41) is 8.73. The van der Waals surface area contributed by atoms with Gasteiger partial charge in [-0.3, -0.25) is 0 Å². The van der Waals surface area contributed by atoms with E-state index in [0.717, 1.165) is 12.8 Å². The van der Waals surface area contributed by atoms with Gasteiger partial charge in [-0.2, -0.15) is 0 Å². The summed E-state index contributed by atoms with van der Waals surface area (Å²) in [6, 6.07) is 0.155. The molecule has 1 atom stereocenters. The van der Waals surface area contributed by atoms with E-state index < -0.39 is 6.09 Å². The number of carbonyl (C=O) groups is 1. The number of carboxylic acid groups (broad SMARTS) is 1. The highest BCUT2D eigenvalue weighted by Crippen LogP contribution is 2.11. The molecule has 0 aromatic heterocycles. The molecule has 0 saturated heterocycles. The van der Waals surface area contributed by atoms with Crippen LogP contribution >= 0.6 is 0 Å². The summed E-state index contributed by atoms with van der Waals surface area (Å²) in [6.45, 7) is 2.48. The van der Waals surface area contributed by atoms with Gasteiger partial charge >= 0.3 is 6.09 Å². The van der Waals surface area contributed by atoms with E-state index in [1.54, 1.807) is 0 Å². The lowest BCUT2D eigenvalue weighted by atomic mass is 10.2. The Morgan fingerprint density at radius 1 is 1.64 bits per heavy atom. The number of nitrogens with zero attached hydrogens (tertiary/aromatic N) is 1. The van der Waals surface area contributed by atoms with Gasteiger partial charge in [-0.25, -0.2) is 4.79 Å². The summed E-state index contributed by atoms with van der Waals surface area (Å²) in [4.78, 5) is 12.1. The van der Waals surface area contributed by atoms with Crippen molar-refractivity contribution in [3.63, 3.8) is 0 Å². The number of hydrogen-bond donors (Lipinski definition) is 1. The molecule has 1 unspecified atom stereocenters. The van der Waals surface area contributed by atoms with E-state index in [9.17, 15) is 4.79 Å². The standard InChI is InChI=1S/C8H13NO2/c1-7-5-3-2-4-6-9(7)8(10)11/h2,4,7H,3,5-6H2,1H3,(H,10,11). The molecular weight excluding hydrogens is 142 g/mol. The van der Waals surface area contributed by atoms with Crippen LogP contribution in [0.25, 0.3) is 0 Å². The molecule has 62 valence electrons. The molecule has 0 aromatic carbocycles. The Morgan fingerprint density at radius 3 is 3.00 bits per heavy atom. The van der Waals surface area contributed by atoms with Crippen LogP contribution in [0.4, 0.5) is 4.79 Å². The van der Waals surface area contributed by atoms with E-state index in [0.29, 0.717) is 6.54 Å². The maximum atomic E-state index is 10.6. The first-order valence-corrected chi connectivity index (χ1v) is 3.86. The summed E-state index contributed by atoms with van der Waals surface area (Å²) in [6.07, 6.45) is 5.06. The van der Waals surface area contributed by atoms with Crippen LogP contribution in [0.15, 0.2) is 12.2 Å². The maximum Gasteiger partial charge on any atom is 0.407 e. The summed E-state index contributed by atoms with van der Waals surface area (Å²) < 4.78 is 0. The maximum absolute atomic E-state index is 10.6. The SMILES string of the molecule is CC1CCC=CCN1C(=O)O. The van der Waals surface area contributed by atoms with Crippen molar-refractivity contribution in [2.45, 2.75) is 25.8 Å². The minimum Gasteiger partial charge on any atom is -0.465 e. The molecule has 11 heavy (non-hydrogen) atoms. The normalized spacial score (nSPS) is 24.8. The van der Waals surface area contributed by atoms with E-state index in [1.807, 2.05) is 19.1 Å². The van der Waals surface area contributed by atoms with Gasteiger partial charge in [-0.05, 0) is 19.8 Å². The molecule has 0 fully saturated rings. The fourth-order valence-corrected chi connectivity index (χ4v) is 1.25. The van der Waals surface area contributed by atoms with Gasteiger partial charge in [-0.15, -0.1) is 0 Å². The molecule has 3 heteroatoms. The summed E-state index contributed by atoms with van der Waals surface area (Å²) in [7, 11) is 0. The van der Waals surface area contributed by atoms with Crippen LogP contribution in [0.3, 0.4) is 0 Å². The van der Waals surface area contributed by atoms with Gasteiger partial charge in [0.05, 0.1) is 0 Å². The van der Waals surface area contributed by atoms with Crippen LogP contribution in [0.2, 0.25) is 0 Å². The summed E-state index contributed by atoms with van der Waals surface area (Å²) >= 11 is 0. The zero-order valence-corrected chi connectivity index (χ0v) is 6.66. The van der Waals surface area contributed by atoms with E-state index in [1.165, 1.54) is 4.90 Å². The molecule has 1 amide bonds. The minimum atomic E-state index is -0.816. The smallest absolute Gasteiger partial charge is 0.407 e. The fraction of sp³-hybridized carbons (Fsp3) is 0.625. The second kappa shape index (κ2) is 3.42. The number of rotatable bonds is 0. The highest BCUT2D eigenvalue weighted by Gasteiger charge is 2.18. The first-order valence-electron chi connectivity index (χ1n) is 3.86. The third-order valence-electron chi connectivity index (χ3n) is 2.00. The quantitative estimate of drug-likeness (QED) is 0.541. The molecule has 0 aromatic rings. The molecule has 1 aliphatic heterocycles. The highest BCUT2D eigenvalue weighted by atomic mass is 16.4.